The van der Waals surface area contributed by atoms with E-state index in [1.54, 1.807) is 36.4 Å². The Bertz CT molecular complexity index is 1420. The van der Waals surface area contributed by atoms with Crippen LogP contribution in [0, 0.1) is 0 Å². The average Bonchev–Trinajstić information content (AvgIpc) is 3.07. The number of carbonyl (C=O) groups excluding carboxylic acids is 4. The Labute approximate surface area is 251 Å². The van der Waals surface area contributed by atoms with Gasteiger partial charge in [-0.2, -0.15) is 0 Å². The minimum Gasteiger partial charge on any atom is -0.432 e. The van der Waals surface area contributed by atoms with E-state index in [0.29, 0.717) is 11.1 Å². The smallest absolute Gasteiger partial charge is 0.432 e. The molecule has 226 valence electrons. The van der Waals surface area contributed by atoms with Crippen molar-refractivity contribution in [3.63, 3.8) is 0 Å². The minimum atomic E-state index is -1.25. The Morgan fingerprint density at radius 1 is 0.432 bits per heavy atom. The van der Waals surface area contributed by atoms with Crippen molar-refractivity contribution in [1.29, 1.82) is 0 Å². The summed E-state index contributed by atoms with van der Waals surface area (Å²) in [6.07, 6.45) is -1.98. The van der Waals surface area contributed by atoms with Gasteiger partial charge in [-0.3, -0.25) is 9.78 Å². The summed E-state index contributed by atoms with van der Waals surface area (Å²) < 4.78 is 9.55. The van der Waals surface area contributed by atoms with Crippen molar-refractivity contribution in [2.45, 2.75) is 12.8 Å². The van der Waals surface area contributed by atoms with Crippen LogP contribution in [-0.2, 0) is 39.1 Å². The van der Waals surface area contributed by atoms with Crippen LogP contribution in [0.1, 0.15) is 33.6 Å². The number of ether oxygens (including phenoxy) is 2. The molecule has 4 aromatic rings. The molecule has 12 heteroatoms. The molecule has 0 atom stereocenters. The predicted molar refractivity (Wildman–Crippen MR) is 151 cm³/mol. The minimum absolute atomic E-state index is 0.125. The van der Waals surface area contributed by atoms with Crippen LogP contribution in [0.15, 0.2) is 109 Å². The molecule has 0 aliphatic carbocycles. The Hall–Kier alpha value is -5.72. The standard InChI is InChI=1S/C32H26O12/c33-29(27-19-9-7-17-25(27)23-13-3-1-4-14-23)39-43-41-31(35)37-21-11-12-22-38-32(36)42-44-40-30(34)28-20-10-8-18-26(28)24-15-5-2-6-16-24/h1-10,13-20H,11-12,21-22H2. The molecular formula is C32H26O12. The molecule has 0 spiro atoms. The van der Waals surface area contributed by atoms with Gasteiger partial charge in [-0.25, -0.2) is 29.0 Å². The van der Waals surface area contributed by atoms with Crippen LogP contribution in [0.2, 0.25) is 0 Å². The molecule has 0 heterocycles. The first-order chi connectivity index (χ1) is 21.5. The van der Waals surface area contributed by atoms with Gasteiger partial charge < -0.3 is 9.47 Å². The van der Waals surface area contributed by atoms with E-state index in [2.05, 4.69) is 29.6 Å². The first-order valence-corrected chi connectivity index (χ1v) is 13.3. The molecule has 12 nitrogen and oxygen atoms in total. The van der Waals surface area contributed by atoms with Crippen LogP contribution in [0.25, 0.3) is 22.3 Å². The highest BCUT2D eigenvalue weighted by Gasteiger charge is 2.18. The van der Waals surface area contributed by atoms with Gasteiger partial charge in [-0.15, -0.1) is 0 Å². The highest BCUT2D eigenvalue weighted by atomic mass is 17.5. The van der Waals surface area contributed by atoms with Crippen molar-refractivity contribution >= 4 is 24.2 Å². The second-order valence-electron chi connectivity index (χ2n) is 8.77. The van der Waals surface area contributed by atoms with Crippen molar-refractivity contribution < 1.29 is 58.3 Å². The number of carbonyl (C=O) groups is 4. The van der Waals surface area contributed by atoms with Crippen molar-refractivity contribution in [1.82, 2.24) is 0 Å². The molecule has 0 unspecified atom stereocenters. The van der Waals surface area contributed by atoms with Gasteiger partial charge >= 0.3 is 24.2 Å². The summed E-state index contributed by atoms with van der Waals surface area (Å²) in [7, 11) is 0. The lowest BCUT2D eigenvalue weighted by Crippen LogP contribution is -2.14. The number of hydrogen-bond acceptors (Lipinski definition) is 12. The van der Waals surface area contributed by atoms with Crippen LogP contribution in [0.5, 0.6) is 0 Å². The van der Waals surface area contributed by atoms with E-state index in [4.69, 9.17) is 9.47 Å². The van der Waals surface area contributed by atoms with Crippen molar-refractivity contribution in [2.75, 3.05) is 13.2 Å². The lowest BCUT2D eigenvalue weighted by molar-refractivity contribution is -0.452. The molecule has 0 saturated heterocycles. The third-order valence-electron chi connectivity index (χ3n) is 5.87. The number of unbranched alkanes of at least 4 members (excludes halogenated alkanes) is 1. The van der Waals surface area contributed by atoms with Crippen molar-refractivity contribution in [2.24, 2.45) is 0 Å². The van der Waals surface area contributed by atoms with Crippen molar-refractivity contribution in [3.8, 4) is 22.3 Å². The van der Waals surface area contributed by atoms with Gasteiger partial charge in [0.2, 0.25) is 0 Å². The molecule has 0 fully saturated rings. The van der Waals surface area contributed by atoms with Crippen LogP contribution in [-0.4, -0.2) is 37.5 Å². The maximum atomic E-state index is 12.4. The second-order valence-corrected chi connectivity index (χ2v) is 8.77. The fraction of sp³-hybridized carbons (Fsp3) is 0.125. The van der Waals surface area contributed by atoms with Gasteiger partial charge in [-0.05, 0) is 47.2 Å². The third kappa shape index (κ3) is 9.41. The summed E-state index contributed by atoms with van der Waals surface area (Å²) in [5, 5.41) is 8.53. The number of benzene rings is 4. The van der Waals surface area contributed by atoms with E-state index in [0.717, 1.165) is 11.1 Å². The van der Waals surface area contributed by atoms with Gasteiger partial charge in [-0.1, -0.05) is 97.1 Å². The summed E-state index contributed by atoms with van der Waals surface area (Å²) in [5.74, 6) is -1.76. The topological polar surface area (TPSA) is 142 Å². The quantitative estimate of drug-likeness (QED) is 0.0686. The zero-order chi connectivity index (χ0) is 31.0. The van der Waals surface area contributed by atoms with Crippen LogP contribution >= 0.6 is 0 Å². The molecule has 0 bridgehead atoms. The molecule has 4 aromatic carbocycles. The molecule has 0 aromatic heterocycles. The lowest BCUT2D eigenvalue weighted by Gasteiger charge is -2.08. The highest BCUT2D eigenvalue weighted by molar-refractivity contribution is 5.97. The predicted octanol–water partition coefficient (Wildman–Crippen LogP) is 6.81. The van der Waals surface area contributed by atoms with Gasteiger partial charge in [0.15, 0.2) is 0 Å². The fourth-order valence-electron chi connectivity index (χ4n) is 3.87. The van der Waals surface area contributed by atoms with Crippen molar-refractivity contribution in [3.05, 3.63) is 120 Å². The highest BCUT2D eigenvalue weighted by Crippen LogP contribution is 2.25. The largest absolute Gasteiger partial charge is 0.543 e. The molecule has 0 saturated carbocycles. The molecule has 44 heavy (non-hydrogen) atoms. The van der Waals surface area contributed by atoms with Gasteiger partial charge in [0, 0.05) is 0 Å². The van der Waals surface area contributed by atoms with E-state index < -0.39 is 24.2 Å². The van der Waals surface area contributed by atoms with E-state index in [-0.39, 0.29) is 37.2 Å². The maximum Gasteiger partial charge on any atom is 0.543 e. The first-order valence-electron chi connectivity index (χ1n) is 13.3. The summed E-state index contributed by atoms with van der Waals surface area (Å²) >= 11 is 0. The fourth-order valence-corrected chi connectivity index (χ4v) is 3.87. The molecule has 0 amide bonds. The van der Waals surface area contributed by atoms with E-state index in [1.165, 1.54) is 12.1 Å². The monoisotopic (exact) mass is 602 g/mol. The molecule has 0 aliphatic rings. The third-order valence-corrected chi connectivity index (χ3v) is 5.87. The summed E-state index contributed by atoms with van der Waals surface area (Å²) in [6.45, 7) is -0.249. The Morgan fingerprint density at radius 2 is 0.795 bits per heavy atom. The zero-order valence-electron chi connectivity index (χ0n) is 23.1. The van der Waals surface area contributed by atoms with Gasteiger partial charge in [0.05, 0.1) is 34.4 Å². The Balaban J connectivity index is 1.05. The van der Waals surface area contributed by atoms with Gasteiger partial charge in [0.25, 0.3) is 0 Å². The molecule has 4 rings (SSSR count). The maximum absolute atomic E-state index is 12.4. The van der Waals surface area contributed by atoms with E-state index in [9.17, 15) is 19.2 Å². The lowest BCUT2D eigenvalue weighted by atomic mass is 10.00. The summed E-state index contributed by atoms with van der Waals surface area (Å²) in [5.41, 5.74) is 3.18. The zero-order valence-corrected chi connectivity index (χ0v) is 23.1. The number of rotatable bonds is 13. The van der Waals surface area contributed by atoms with Crippen LogP contribution < -0.4 is 0 Å². The van der Waals surface area contributed by atoms with E-state index in [1.807, 2.05) is 60.7 Å². The SMILES string of the molecule is O=C(OCCCCOC(=O)OOOC(=O)c1ccccc1-c1ccccc1)OOOC(=O)c1ccccc1-c1ccccc1. The Morgan fingerprint density at radius 3 is 1.20 bits per heavy atom. The first kappa shape index (κ1) is 31.2. The van der Waals surface area contributed by atoms with Gasteiger partial charge in [0.1, 0.15) is 0 Å². The normalized spacial score (nSPS) is 10.3. The second kappa shape index (κ2) is 16.7. The van der Waals surface area contributed by atoms with Crippen LogP contribution in [0.3, 0.4) is 0 Å². The Kier molecular flexibility index (Phi) is 11.8. The molecule has 0 N–H and O–H groups in total. The van der Waals surface area contributed by atoms with E-state index >= 15 is 0 Å². The summed E-state index contributed by atoms with van der Waals surface area (Å²) in [4.78, 5) is 65.7. The summed E-state index contributed by atoms with van der Waals surface area (Å²) in [6, 6.07) is 31.7. The molecule has 0 radical (unpaired) electrons. The molecule has 0 aliphatic heterocycles. The average molecular weight is 603 g/mol. The van der Waals surface area contributed by atoms with Crippen LogP contribution in [0.4, 0.5) is 9.59 Å². The number of hydrogen-bond donors (Lipinski definition) is 0. The molecular weight excluding hydrogens is 576 g/mol.